The average Bonchev–Trinajstić information content (AvgIpc) is 3.75. The van der Waals surface area contributed by atoms with E-state index in [9.17, 15) is 29.4 Å². The molecule has 3 aliphatic heterocycles. The van der Waals surface area contributed by atoms with Crippen molar-refractivity contribution < 1.29 is 34.2 Å². The zero-order valence-corrected chi connectivity index (χ0v) is 23.9. The summed E-state index contributed by atoms with van der Waals surface area (Å²) >= 11 is 1.14. The van der Waals surface area contributed by atoms with Crippen molar-refractivity contribution in [2.24, 2.45) is 5.16 Å². The van der Waals surface area contributed by atoms with Gasteiger partial charge < -0.3 is 31.0 Å². The number of rotatable bonds is 8. The number of nitrogens with zero attached hydrogens (tertiary/aromatic N) is 4. The van der Waals surface area contributed by atoms with Crippen molar-refractivity contribution >= 4 is 81.1 Å². The van der Waals surface area contributed by atoms with Gasteiger partial charge in [-0.25, -0.2) is 9.78 Å². The van der Waals surface area contributed by atoms with E-state index in [4.69, 9.17) is 10.6 Å². The van der Waals surface area contributed by atoms with Crippen molar-refractivity contribution in [2.75, 3.05) is 17.2 Å². The number of oxime groups is 1. The fourth-order valence-corrected chi connectivity index (χ4v) is 6.55. The second-order valence-electron chi connectivity index (χ2n) is 10.9. The van der Waals surface area contributed by atoms with Crippen LogP contribution in [-0.2, 0) is 24.0 Å². The number of nitrogens with one attached hydrogen (secondary N) is 1. The van der Waals surface area contributed by atoms with Gasteiger partial charge >= 0.3 is 35.5 Å². The van der Waals surface area contributed by atoms with Gasteiger partial charge in [0.2, 0.25) is 0 Å². The number of carboxylic acids is 1. The molecular formula is C29H31N6NaO7S. The fraction of sp³-hybridized carbons (Fsp3) is 0.379. The van der Waals surface area contributed by atoms with Crippen LogP contribution in [0.15, 0.2) is 57.7 Å². The molecule has 0 spiro atoms. The summed E-state index contributed by atoms with van der Waals surface area (Å²) in [5.41, 5.74) is 7.14. The second kappa shape index (κ2) is 13.1. The van der Waals surface area contributed by atoms with E-state index in [1.54, 1.807) is 28.5 Å². The van der Waals surface area contributed by atoms with Gasteiger partial charge in [0.1, 0.15) is 29.3 Å². The number of aromatic nitrogens is 1. The Kier molecular flexibility index (Phi) is 9.44. The normalized spacial score (nSPS) is 23.0. The quantitative estimate of drug-likeness (QED) is 0.111. The van der Waals surface area contributed by atoms with Gasteiger partial charge in [0.25, 0.3) is 17.7 Å². The van der Waals surface area contributed by atoms with Crippen LogP contribution in [0.5, 0.6) is 5.75 Å². The number of fused-ring (bicyclic) bond motifs is 1. The van der Waals surface area contributed by atoms with Crippen molar-refractivity contribution in [2.45, 2.75) is 63.1 Å². The van der Waals surface area contributed by atoms with E-state index < -0.39 is 29.9 Å². The summed E-state index contributed by atoms with van der Waals surface area (Å²) in [4.78, 5) is 64.6. The summed E-state index contributed by atoms with van der Waals surface area (Å²) in [6.45, 7) is 0.406. The van der Waals surface area contributed by atoms with Gasteiger partial charge in [-0.15, -0.1) is 11.3 Å². The Morgan fingerprint density at radius 2 is 1.86 bits per heavy atom. The molecule has 0 unspecified atom stereocenters. The van der Waals surface area contributed by atoms with Crippen LogP contribution in [0.1, 0.15) is 50.6 Å². The number of amides is 3. The molecule has 3 amide bonds. The molecule has 15 heteroatoms. The summed E-state index contributed by atoms with van der Waals surface area (Å²) in [6.07, 6.45) is 6.25. The molecule has 226 valence electrons. The number of β-lactam (4-membered cyclic amide) rings is 1. The Morgan fingerprint density at radius 3 is 2.52 bits per heavy atom. The van der Waals surface area contributed by atoms with Gasteiger partial charge in [0.05, 0.1) is 6.04 Å². The van der Waals surface area contributed by atoms with Crippen LogP contribution in [0.2, 0.25) is 0 Å². The van der Waals surface area contributed by atoms with Crippen LogP contribution in [-0.4, -0.2) is 104 Å². The standard InChI is InChI=1S/C29H30N6O7S.Na.H/c30-29-31-20(14-43-29)22(33-42-19-3-1-2-4-19)25(37)32-23-21-10-5-15(24(28(40)41)35(21)27(23)39)13-16-11-12-34(26(16)38)17-6-8-18(36)9-7-17;;/h6-9,13-14,19,21,23,36H,1-5,10-12H2,(H2,30,31)(H,32,37)(H,40,41);;/b16-13+,33-22-;;/t21-,23+;;/m1../s1. The predicted molar refractivity (Wildman–Crippen MR) is 163 cm³/mol. The van der Waals surface area contributed by atoms with Gasteiger partial charge in [-0.1, -0.05) is 5.16 Å². The molecule has 1 aromatic carbocycles. The van der Waals surface area contributed by atoms with Gasteiger partial charge in [0.15, 0.2) is 10.8 Å². The maximum absolute atomic E-state index is 13.3. The zero-order chi connectivity index (χ0) is 30.2. The number of anilines is 2. The average molecular weight is 631 g/mol. The fourth-order valence-electron chi connectivity index (χ4n) is 6.00. The Hall–Kier alpha value is -3.72. The van der Waals surface area contributed by atoms with Crippen molar-refractivity contribution in [1.82, 2.24) is 15.2 Å². The van der Waals surface area contributed by atoms with Crippen molar-refractivity contribution in [3.05, 3.63) is 58.3 Å². The third-order valence-electron chi connectivity index (χ3n) is 8.17. The van der Waals surface area contributed by atoms with Crippen molar-refractivity contribution in [3.8, 4) is 5.75 Å². The van der Waals surface area contributed by atoms with Gasteiger partial charge in [0, 0.05) is 23.2 Å². The SMILES string of the molecule is Nc1nc(/C(=N/OC2CCCC2)C(=O)N[C@@H]2C(=O)N3C(C(=O)O)=C(/C=C4\CCN(c5ccc(O)cc5)C4=O)CC[C@H]23)cs1.[NaH]. The first kappa shape index (κ1) is 31.7. The molecular weight excluding hydrogens is 599 g/mol. The Balaban J connectivity index is 0.00000384. The summed E-state index contributed by atoms with van der Waals surface area (Å²) in [5, 5.41) is 28.3. The molecule has 1 aromatic heterocycles. The first-order chi connectivity index (χ1) is 20.7. The molecule has 44 heavy (non-hydrogen) atoms. The molecule has 2 saturated heterocycles. The first-order valence-electron chi connectivity index (χ1n) is 14.1. The topological polar surface area (TPSA) is 188 Å². The molecule has 4 heterocycles. The summed E-state index contributed by atoms with van der Waals surface area (Å²) in [5.74, 6) is -2.70. The molecule has 0 radical (unpaired) electrons. The number of thiazole rings is 1. The monoisotopic (exact) mass is 630 g/mol. The predicted octanol–water partition coefficient (Wildman–Crippen LogP) is 1.64. The van der Waals surface area contributed by atoms with Crippen LogP contribution >= 0.6 is 11.3 Å². The number of aliphatic carboxylic acids is 1. The number of carbonyl (C=O) groups is 4. The van der Waals surface area contributed by atoms with E-state index in [1.165, 1.54) is 17.0 Å². The number of aromatic hydroxyl groups is 1. The van der Waals surface area contributed by atoms with Crippen molar-refractivity contribution in [3.63, 3.8) is 0 Å². The van der Waals surface area contributed by atoms with E-state index in [0.29, 0.717) is 42.6 Å². The minimum absolute atomic E-state index is 0. The molecule has 1 saturated carbocycles. The molecule has 6 rings (SSSR count). The number of benzene rings is 1. The number of phenols is 1. The van der Waals surface area contributed by atoms with Crippen molar-refractivity contribution in [1.29, 1.82) is 0 Å². The van der Waals surface area contributed by atoms with E-state index in [1.807, 2.05) is 0 Å². The summed E-state index contributed by atoms with van der Waals surface area (Å²) < 4.78 is 0. The van der Waals surface area contributed by atoms with Crippen LogP contribution < -0.4 is 16.0 Å². The van der Waals surface area contributed by atoms with Gasteiger partial charge in [-0.05, 0) is 80.9 Å². The zero-order valence-electron chi connectivity index (χ0n) is 23.1. The number of hydrogen-bond acceptors (Lipinski definition) is 10. The third kappa shape index (κ3) is 6.11. The Bertz CT molecular complexity index is 1580. The van der Waals surface area contributed by atoms with Crippen LogP contribution in [0.25, 0.3) is 0 Å². The number of carboxylic acid groups (broad SMARTS) is 1. The maximum atomic E-state index is 13.3. The number of hydrogen-bond donors (Lipinski definition) is 4. The molecule has 1 aliphatic carbocycles. The third-order valence-corrected chi connectivity index (χ3v) is 8.85. The van der Waals surface area contributed by atoms with Gasteiger partial charge in [-0.2, -0.15) is 0 Å². The Morgan fingerprint density at radius 1 is 1.14 bits per heavy atom. The summed E-state index contributed by atoms with van der Waals surface area (Å²) in [7, 11) is 0. The number of nitrogens with two attached hydrogens (primary N) is 1. The van der Waals surface area contributed by atoms with Crippen LogP contribution in [0.4, 0.5) is 10.8 Å². The van der Waals surface area contributed by atoms with E-state index in [0.717, 1.165) is 37.0 Å². The molecule has 2 aromatic rings. The van der Waals surface area contributed by atoms with Crippen LogP contribution in [0.3, 0.4) is 0 Å². The van der Waals surface area contributed by atoms with E-state index >= 15 is 0 Å². The van der Waals surface area contributed by atoms with E-state index in [2.05, 4.69) is 15.5 Å². The molecule has 13 nitrogen and oxygen atoms in total. The molecule has 5 N–H and O–H groups in total. The minimum atomic E-state index is -1.29. The number of allylic oxidation sites excluding steroid dienone is 2. The molecule has 2 atom stereocenters. The van der Waals surface area contributed by atoms with E-state index in [-0.39, 0.29) is 69.6 Å². The number of nitrogen functional groups attached to an aromatic ring is 1. The summed E-state index contributed by atoms with van der Waals surface area (Å²) in [6, 6.07) is 4.72. The Labute approximate surface area is 278 Å². The number of carbonyl (C=O) groups excluding carboxylic acids is 3. The number of phenolic OH excluding ortho intramolecular Hbond substituents is 1. The first-order valence-corrected chi connectivity index (χ1v) is 15.0. The molecule has 3 fully saturated rings. The second-order valence-corrected chi connectivity index (χ2v) is 11.7. The van der Waals surface area contributed by atoms with Crippen LogP contribution in [0, 0.1) is 0 Å². The van der Waals surface area contributed by atoms with Gasteiger partial charge in [-0.3, -0.25) is 19.3 Å². The molecule has 4 aliphatic rings. The molecule has 0 bridgehead atoms.